The van der Waals surface area contributed by atoms with Crippen molar-refractivity contribution >= 4 is 17.8 Å². The standard InChI is InChI=1S/C20H27N3O5/c1-4-14(11(2)13-8-6-5-7-9-13)23-19(25)16-17(21)15(22-12(3)24)10-28-18(16)20(26)27/h5-9,11,14-15,17H,4,10,21H2,1-3H3,(H,22,24)(H,23,25)(H,26,27). The largest absolute Gasteiger partial charge is 0.484 e. The molecule has 1 heterocycles. The molecule has 8 heteroatoms. The molecule has 0 aliphatic carbocycles. The topological polar surface area (TPSA) is 131 Å². The van der Waals surface area contributed by atoms with Gasteiger partial charge in [0, 0.05) is 18.9 Å². The maximum Gasteiger partial charge on any atom is 0.371 e. The van der Waals surface area contributed by atoms with Gasteiger partial charge in [-0.3, -0.25) is 9.59 Å². The summed E-state index contributed by atoms with van der Waals surface area (Å²) in [6.45, 7) is 5.14. The van der Waals surface area contributed by atoms with Gasteiger partial charge in [0.1, 0.15) is 6.61 Å². The number of ether oxygens (including phenoxy) is 1. The second kappa shape index (κ2) is 9.36. The number of rotatable bonds is 7. The van der Waals surface area contributed by atoms with Crippen molar-refractivity contribution in [2.75, 3.05) is 6.61 Å². The summed E-state index contributed by atoms with van der Waals surface area (Å²) >= 11 is 0. The number of nitrogens with two attached hydrogens (primary N) is 1. The molecule has 2 rings (SSSR count). The van der Waals surface area contributed by atoms with Gasteiger partial charge in [0.05, 0.1) is 17.7 Å². The number of aliphatic carboxylic acids is 1. The van der Waals surface area contributed by atoms with E-state index in [9.17, 15) is 19.5 Å². The quantitative estimate of drug-likeness (QED) is 0.548. The number of hydrogen-bond donors (Lipinski definition) is 4. The van der Waals surface area contributed by atoms with Crippen LogP contribution < -0.4 is 16.4 Å². The molecule has 152 valence electrons. The van der Waals surface area contributed by atoms with Crippen LogP contribution in [-0.4, -0.2) is 47.6 Å². The van der Waals surface area contributed by atoms with Crippen molar-refractivity contribution in [2.24, 2.45) is 5.73 Å². The molecule has 1 aromatic carbocycles. The van der Waals surface area contributed by atoms with Gasteiger partial charge in [-0.25, -0.2) is 4.79 Å². The second-order valence-electron chi connectivity index (χ2n) is 6.88. The van der Waals surface area contributed by atoms with Crippen LogP contribution >= 0.6 is 0 Å². The van der Waals surface area contributed by atoms with E-state index in [4.69, 9.17) is 10.5 Å². The Labute approximate surface area is 164 Å². The lowest BCUT2D eigenvalue weighted by Gasteiger charge is -2.33. The number of carbonyl (C=O) groups excluding carboxylic acids is 2. The molecule has 28 heavy (non-hydrogen) atoms. The van der Waals surface area contributed by atoms with Crippen molar-refractivity contribution in [3.8, 4) is 0 Å². The maximum absolute atomic E-state index is 13.0. The molecular formula is C20H27N3O5. The molecule has 8 nitrogen and oxygen atoms in total. The number of carbonyl (C=O) groups is 3. The predicted molar refractivity (Wildman–Crippen MR) is 103 cm³/mol. The molecule has 2 amide bonds. The third-order valence-electron chi connectivity index (χ3n) is 4.93. The van der Waals surface area contributed by atoms with Crippen LogP contribution in [0, 0.1) is 0 Å². The molecule has 4 unspecified atom stereocenters. The number of amides is 2. The Morgan fingerprint density at radius 1 is 1.29 bits per heavy atom. The Hall–Kier alpha value is -2.87. The summed E-state index contributed by atoms with van der Waals surface area (Å²) in [5.74, 6) is -2.78. The van der Waals surface area contributed by atoms with Gasteiger partial charge < -0.3 is 26.2 Å². The Morgan fingerprint density at radius 2 is 1.93 bits per heavy atom. The van der Waals surface area contributed by atoms with Crippen LogP contribution in [0.4, 0.5) is 0 Å². The number of benzene rings is 1. The lowest BCUT2D eigenvalue weighted by Crippen LogP contribution is -2.56. The zero-order valence-corrected chi connectivity index (χ0v) is 16.3. The highest BCUT2D eigenvalue weighted by Gasteiger charge is 2.38. The molecule has 0 saturated heterocycles. The summed E-state index contributed by atoms with van der Waals surface area (Å²) < 4.78 is 5.24. The van der Waals surface area contributed by atoms with E-state index in [1.807, 2.05) is 44.2 Å². The van der Waals surface area contributed by atoms with Gasteiger partial charge in [0.15, 0.2) is 0 Å². The summed E-state index contributed by atoms with van der Waals surface area (Å²) in [4.78, 5) is 35.9. The van der Waals surface area contributed by atoms with Crippen LogP contribution in [0.2, 0.25) is 0 Å². The molecule has 1 aromatic rings. The van der Waals surface area contributed by atoms with Gasteiger partial charge in [-0.2, -0.15) is 0 Å². The molecule has 1 aliphatic heterocycles. The molecule has 0 aromatic heterocycles. The molecule has 5 N–H and O–H groups in total. The first kappa shape index (κ1) is 21.4. The molecule has 4 atom stereocenters. The molecule has 0 bridgehead atoms. The van der Waals surface area contributed by atoms with Crippen molar-refractivity contribution in [1.29, 1.82) is 0 Å². The van der Waals surface area contributed by atoms with E-state index < -0.39 is 29.7 Å². The van der Waals surface area contributed by atoms with Gasteiger partial charge in [-0.05, 0) is 12.0 Å². The summed E-state index contributed by atoms with van der Waals surface area (Å²) in [6, 6.07) is 7.81. The minimum atomic E-state index is -1.37. The van der Waals surface area contributed by atoms with Gasteiger partial charge in [-0.15, -0.1) is 0 Å². The van der Waals surface area contributed by atoms with Crippen molar-refractivity contribution in [2.45, 2.75) is 51.2 Å². The number of carboxylic acids is 1. The monoisotopic (exact) mass is 389 g/mol. The van der Waals surface area contributed by atoms with Gasteiger partial charge in [0.25, 0.3) is 5.91 Å². The fourth-order valence-corrected chi connectivity index (χ4v) is 3.35. The third-order valence-corrected chi connectivity index (χ3v) is 4.93. The molecule has 1 aliphatic rings. The molecule has 0 saturated carbocycles. The molecule has 0 spiro atoms. The van der Waals surface area contributed by atoms with Crippen LogP contribution in [0.15, 0.2) is 41.7 Å². The zero-order valence-electron chi connectivity index (χ0n) is 16.3. The highest BCUT2D eigenvalue weighted by molar-refractivity contribution is 6.02. The molecule has 0 radical (unpaired) electrons. The Balaban J connectivity index is 2.26. The van der Waals surface area contributed by atoms with Crippen molar-refractivity contribution in [3.63, 3.8) is 0 Å². The highest BCUT2D eigenvalue weighted by Crippen LogP contribution is 2.24. The summed E-state index contributed by atoms with van der Waals surface area (Å²) in [5.41, 5.74) is 7.02. The SMILES string of the molecule is CCC(NC(=O)C1=C(C(=O)O)OCC(NC(C)=O)C1N)C(C)c1ccccc1. The lowest BCUT2D eigenvalue weighted by molar-refractivity contribution is -0.138. The second-order valence-corrected chi connectivity index (χ2v) is 6.88. The first-order valence-corrected chi connectivity index (χ1v) is 9.25. The van der Waals surface area contributed by atoms with Crippen LogP contribution in [0.3, 0.4) is 0 Å². The van der Waals surface area contributed by atoms with E-state index in [1.54, 1.807) is 0 Å². The number of carboxylic acid groups (broad SMARTS) is 1. The van der Waals surface area contributed by atoms with Crippen molar-refractivity contribution in [3.05, 3.63) is 47.2 Å². The maximum atomic E-state index is 13.0. The third kappa shape index (κ3) is 4.89. The van der Waals surface area contributed by atoms with Crippen molar-refractivity contribution < 1.29 is 24.2 Å². The fraction of sp³-hybridized carbons (Fsp3) is 0.450. The van der Waals surface area contributed by atoms with E-state index in [0.717, 1.165) is 5.56 Å². The van der Waals surface area contributed by atoms with Crippen LogP contribution in [0.1, 0.15) is 38.7 Å². The van der Waals surface area contributed by atoms with E-state index in [1.165, 1.54) is 6.92 Å². The Kier molecular flexibility index (Phi) is 7.17. The van der Waals surface area contributed by atoms with Gasteiger partial charge in [-0.1, -0.05) is 44.2 Å². The normalized spacial score (nSPS) is 21.3. The minimum absolute atomic E-state index is 0.0101. The van der Waals surface area contributed by atoms with E-state index in [-0.39, 0.29) is 30.0 Å². The van der Waals surface area contributed by atoms with Gasteiger partial charge >= 0.3 is 5.97 Å². The molecular weight excluding hydrogens is 362 g/mol. The lowest BCUT2D eigenvalue weighted by atomic mass is 9.90. The first-order valence-electron chi connectivity index (χ1n) is 9.25. The smallest absolute Gasteiger partial charge is 0.371 e. The van der Waals surface area contributed by atoms with Crippen molar-refractivity contribution in [1.82, 2.24) is 10.6 Å². The van der Waals surface area contributed by atoms with E-state index >= 15 is 0 Å². The minimum Gasteiger partial charge on any atom is -0.484 e. The van der Waals surface area contributed by atoms with E-state index in [0.29, 0.717) is 6.42 Å². The zero-order chi connectivity index (χ0) is 20.8. The summed E-state index contributed by atoms with van der Waals surface area (Å²) in [5, 5.41) is 14.9. The van der Waals surface area contributed by atoms with Crippen LogP contribution in [-0.2, 0) is 19.1 Å². The predicted octanol–water partition coefficient (Wildman–Crippen LogP) is 0.886. The average Bonchev–Trinajstić information content (AvgIpc) is 2.66. The first-order chi connectivity index (χ1) is 13.3. The Morgan fingerprint density at radius 3 is 2.46 bits per heavy atom. The number of nitrogens with one attached hydrogen (secondary N) is 2. The summed E-state index contributed by atoms with van der Waals surface area (Å²) in [7, 11) is 0. The van der Waals surface area contributed by atoms with Crippen LogP contribution in [0.5, 0.6) is 0 Å². The number of hydrogen-bond acceptors (Lipinski definition) is 5. The fourth-order valence-electron chi connectivity index (χ4n) is 3.35. The van der Waals surface area contributed by atoms with E-state index in [2.05, 4.69) is 10.6 Å². The Bertz CT molecular complexity index is 762. The summed E-state index contributed by atoms with van der Waals surface area (Å²) in [6.07, 6.45) is 0.642. The average molecular weight is 389 g/mol. The van der Waals surface area contributed by atoms with Crippen LogP contribution in [0.25, 0.3) is 0 Å². The van der Waals surface area contributed by atoms with Gasteiger partial charge in [0.2, 0.25) is 11.7 Å². The molecule has 0 fully saturated rings. The highest BCUT2D eigenvalue weighted by atomic mass is 16.5.